The van der Waals surface area contributed by atoms with Crippen molar-refractivity contribution in [3.05, 3.63) is 0 Å². The fraction of sp³-hybridized carbons (Fsp3) is 0.929. The Morgan fingerprint density at radius 2 is 2.30 bits per heavy atom. The maximum atomic E-state index is 11.6. The quantitative estimate of drug-likeness (QED) is 0.719. The molecule has 1 fully saturated rings. The highest BCUT2D eigenvalue weighted by atomic mass is 32.2. The average molecular weight is 303 g/mol. The molecule has 0 spiro atoms. The molecule has 1 rings (SSSR count). The number of rotatable bonds is 7. The van der Waals surface area contributed by atoms with E-state index in [-0.39, 0.29) is 11.3 Å². The lowest BCUT2D eigenvalue weighted by molar-refractivity contribution is -0.0350. The molecule has 1 aliphatic heterocycles. The highest BCUT2D eigenvalue weighted by molar-refractivity contribution is 8.12. The summed E-state index contributed by atoms with van der Waals surface area (Å²) < 4.78 is 5.75. The molecule has 0 radical (unpaired) electrons. The number of ether oxygens (including phenoxy) is 1. The van der Waals surface area contributed by atoms with Crippen LogP contribution in [0.5, 0.6) is 0 Å². The molecule has 0 aliphatic carbocycles. The van der Waals surface area contributed by atoms with E-state index < -0.39 is 0 Å². The normalized spacial score (nSPS) is 20.4. The third-order valence-electron chi connectivity index (χ3n) is 3.34. The monoisotopic (exact) mass is 303 g/mol. The molecule has 1 aliphatic rings. The van der Waals surface area contributed by atoms with Gasteiger partial charge in [-0.15, -0.1) is 0 Å². The van der Waals surface area contributed by atoms with Gasteiger partial charge in [-0.2, -0.15) is 0 Å². The Kier molecular flexibility index (Phi) is 8.52. The number of likely N-dealkylation sites (N-methyl/N-ethyl adjacent to an activating group) is 1. The first-order chi connectivity index (χ1) is 9.52. The molecule has 0 aromatic heterocycles. The second-order valence-electron chi connectivity index (χ2n) is 5.74. The highest BCUT2D eigenvalue weighted by Gasteiger charge is 2.22. The first-order valence-corrected chi connectivity index (χ1v) is 8.59. The molecule has 0 aromatic rings. The molecular weight excluding hydrogens is 274 g/mol. The second kappa shape index (κ2) is 9.60. The van der Waals surface area contributed by atoms with E-state index in [4.69, 9.17) is 4.74 Å². The number of amides is 1. The molecule has 1 amide bonds. The van der Waals surface area contributed by atoms with Crippen molar-refractivity contribution in [2.24, 2.45) is 5.92 Å². The molecule has 0 saturated carbocycles. The molecule has 1 atom stereocenters. The molecule has 0 unspecified atom stereocenters. The van der Waals surface area contributed by atoms with Crippen molar-refractivity contribution >= 4 is 17.0 Å². The summed E-state index contributed by atoms with van der Waals surface area (Å²) in [4.78, 5) is 15.7. The molecule has 0 aromatic carbocycles. The Morgan fingerprint density at radius 3 is 2.95 bits per heavy atom. The van der Waals surface area contributed by atoms with Crippen LogP contribution in [0.15, 0.2) is 0 Å². The van der Waals surface area contributed by atoms with Crippen LogP contribution in [0.4, 0.5) is 4.79 Å². The van der Waals surface area contributed by atoms with E-state index in [1.165, 1.54) is 11.8 Å². The van der Waals surface area contributed by atoms with Crippen LogP contribution in [0.1, 0.15) is 13.8 Å². The number of hydrogen-bond donors (Lipinski definition) is 1. The summed E-state index contributed by atoms with van der Waals surface area (Å²) in [5, 5.41) is 3.57. The Hall–Kier alpha value is -0.300. The number of thioether (sulfide) groups is 1. The van der Waals surface area contributed by atoms with Crippen molar-refractivity contribution in [2.75, 3.05) is 59.2 Å². The van der Waals surface area contributed by atoms with Gasteiger partial charge in [0, 0.05) is 39.8 Å². The van der Waals surface area contributed by atoms with Gasteiger partial charge in [0.15, 0.2) is 0 Å². The fourth-order valence-corrected chi connectivity index (χ4v) is 2.64. The van der Waals surface area contributed by atoms with Crippen LogP contribution in [0.2, 0.25) is 0 Å². The SMILES string of the molecule is CSC(=O)N(C)C[C@@H]1CN(CCNCC(C)C)CCO1. The average Bonchev–Trinajstić information content (AvgIpc) is 2.43. The Balaban J connectivity index is 2.23. The van der Waals surface area contributed by atoms with Gasteiger partial charge in [0.2, 0.25) is 0 Å². The van der Waals surface area contributed by atoms with Gasteiger partial charge in [0.25, 0.3) is 5.24 Å². The van der Waals surface area contributed by atoms with E-state index >= 15 is 0 Å². The third kappa shape index (κ3) is 6.92. The zero-order chi connectivity index (χ0) is 15.0. The number of nitrogens with one attached hydrogen (secondary N) is 1. The maximum Gasteiger partial charge on any atom is 0.281 e. The molecule has 118 valence electrons. The molecule has 6 heteroatoms. The minimum absolute atomic E-state index is 0.101. The first-order valence-electron chi connectivity index (χ1n) is 7.36. The first kappa shape index (κ1) is 17.8. The molecule has 1 saturated heterocycles. The summed E-state index contributed by atoms with van der Waals surface area (Å²) in [5.74, 6) is 0.693. The number of hydrogen-bond acceptors (Lipinski definition) is 5. The summed E-state index contributed by atoms with van der Waals surface area (Å²) in [6.45, 7) is 10.9. The zero-order valence-electron chi connectivity index (χ0n) is 13.2. The van der Waals surface area contributed by atoms with Crippen LogP contribution in [0, 0.1) is 5.92 Å². The van der Waals surface area contributed by atoms with Crippen molar-refractivity contribution in [1.29, 1.82) is 0 Å². The molecule has 1 N–H and O–H groups in total. The van der Waals surface area contributed by atoms with Gasteiger partial charge >= 0.3 is 0 Å². The van der Waals surface area contributed by atoms with Crippen LogP contribution in [-0.4, -0.2) is 80.3 Å². The van der Waals surface area contributed by atoms with Crippen molar-refractivity contribution in [3.8, 4) is 0 Å². The predicted octanol–water partition coefficient (Wildman–Crippen LogP) is 1.35. The lowest BCUT2D eigenvalue weighted by Gasteiger charge is -2.34. The van der Waals surface area contributed by atoms with Crippen LogP contribution >= 0.6 is 11.8 Å². The van der Waals surface area contributed by atoms with Gasteiger partial charge in [0.1, 0.15) is 0 Å². The number of morpholine rings is 1. The van der Waals surface area contributed by atoms with E-state index in [2.05, 4.69) is 24.1 Å². The van der Waals surface area contributed by atoms with E-state index in [9.17, 15) is 4.79 Å². The van der Waals surface area contributed by atoms with Crippen LogP contribution < -0.4 is 5.32 Å². The topological polar surface area (TPSA) is 44.8 Å². The summed E-state index contributed by atoms with van der Waals surface area (Å²) in [6.07, 6.45) is 1.95. The van der Waals surface area contributed by atoms with Crippen molar-refractivity contribution in [2.45, 2.75) is 20.0 Å². The summed E-state index contributed by atoms with van der Waals surface area (Å²) in [5.41, 5.74) is 0. The van der Waals surface area contributed by atoms with Crippen LogP contribution in [0.25, 0.3) is 0 Å². The summed E-state index contributed by atoms with van der Waals surface area (Å²) >= 11 is 1.25. The third-order valence-corrected chi connectivity index (χ3v) is 4.01. The Labute approximate surface area is 127 Å². The fourth-order valence-electron chi connectivity index (χ4n) is 2.26. The number of carbonyl (C=O) groups is 1. The molecule has 20 heavy (non-hydrogen) atoms. The smallest absolute Gasteiger partial charge is 0.281 e. The van der Waals surface area contributed by atoms with Gasteiger partial charge < -0.3 is 15.0 Å². The van der Waals surface area contributed by atoms with Crippen molar-refractivity contribution < 1.29 is 9.53 Å². The zero-order valence-corrected chi connectivity index (χ0v) is 14.0. The predicted molar refractivity (Wildman–Crippen MR) is 85.4 cm³/mol. The largest absolute Gasteiger partial charge is 0.374 e. The molecule has 0 bridgehead atoms. The van der Waals surface area contributed by atoms with E-state index in [1.54, 1.807) is 4.90 Å². The van der Waals surface area contributed by atoms with Gasteiger partial charge in [-0.05, 0) is 18.7 Å². The maximum absolute atomic E-state index is 11.6. The van der Waals surface area contributed by atoms with Gasteiger partial charge in [-0.25, -0.2) is 0 Å². The summed E-state index contributed by atoms with van der Waals surface area (Å²) in [6, 6.07) is 0. The Bertz CT molecular complexity index is 290. The number of carbonyl (C=O) groups excluding carboxylic acids is 1. The van der Waals surface area contributed by atoms with E-state index in [0.717, 1.165) is 39.3 Å². The van der Waals surface area contributed by atoms with E-state index in [1.807, 2.05) is 13.3 Å². The number of nitrogens with zero attached hydrogens (tertiary/aromatic N) is 2. The van der Waals surface area contributed by atoms with Crippen LogP contribution in [0.3, 0.4) is 0 Å². The minimum atomic E-state index is 0.101. The second-order valence-corrected chi connectivity index (χ2v) is 6.50. The van der Waals surface area contributed by atoms with Gasteiger partial charge in [0.05, 0.1) is 12.7 Å². The lowest BCUT2D eigenvalue weighted by Crippen LogP contribution is -2.49. The van der Waals surface area contributed by atoms with Crippen molar-refractivity contribution in [3.63, 3.8) is 0 Å². The van der Waals surface area contributed by atoms with Crippen molar-refractivity contribution in [1.82, 2.24) is 15.1 Å². The minimum Gasteiger partial charge on any atom is -0.374 e. The molecule has 1 heterocycles. The highest BCUT2D eigenvalue weighted by Crippen LogP contribution is 2.09. The summed E-state index contributed by atoms with van der Waals surface area (Å²) in [7, 11) is 1.84. The lowest BCUT2D eigenvalue weighted by atomic mass is 10.2. The Morgan fingerprint density at radius 1 is 1.55 bits per heavy atom. The van der Waals surface area contributed by atoms with E-state index in [0.29, 0.717) is 12.5 Å². The van der Waals surface area contributed by atoms with Gasteiger partial charge in [-0.1, -0.05) is 25.6 Å². The van der Waals surface area contributed by atoms with Crippen LogP contribution in [-0.2, 0) is 4.74 Å². The molecule has 5 nitrogen and oxygen atoms in total. The van der Waals surface area contributed by atoms with Gasteiger partial charge in [-0.3, -0.25) is 9.69 Å². The standard InChI is InChI=1S/C14H29N3O2S/c1-12(2)9-15-5-6-17-7-8-19-13(11-17)10-16(3)14(18)20-4/h12-13,15H,5-11H2,1-4H3/t13-/m1/s1. The molecular formula is C14H29N3O2S.